The van der Waals surface area contributed by atoms with Crippen molar-refractivity contribution in [2.24, 2.45) is 0 Å². The number of nitrogens with zero attached hydrogens (tertiary/aromatic N) is 1. The minimum Gasteiger partial charge on any atom is -0.350 e. The molecule has 1 aliphatic heterocycles. The summed E-state index contributed by atoms with van der Waals surface area (Å²) >= 11 is 6.24. The van der Waals surface area contributed by atoms with Crippen LogP contribution in [0, 0.1) is 13.8 Å². The summed E-state index contributed by atoms with van der Waals surface area (Å²) in [7, 11) is 0. The summed E-state index contributed by atoms with van der Waals surface area (Å²) in [6, 6.07) is 22.0. The molecule has 0 radical (unpaired) electrons. The molecule has 4 rings (SSSR count). The molecule has 1 aliphatic rings. The quantitative estimate of drug-likeness (QED) is 0.598. The number of carbonyl (C=O) groups excluding carboxylic acids is 2. The molecule has 0 spiro atoms. The SMILES string of the molecule is Cc1ccccc1N1C(=O)C(Nc2cccc(Cl)c2C)=C(c2ccccc2)C1=O. The number of carbonyl (C=O) groups is 2. The van der Waals surface area contributed by atoms with E-state index in [1.165, 1.54) is 4.90 Å². The molecule has 5 heteroatoms. The first-order valence-electron chi connectivity index (χ1n) is 9.25. The molecule has 0 saturated carbocycles. The van der Waals surface area contributed by atoms with Crippen molar-refractivity contribution in [1.29, 1.82) is 0 Å². The molecule has 0 saturated heterocycles. The summed E-state index contributed by atoms with van der Waals surface area (Å²) in [6.07, 6.45) is 0. The maximum Gasteiger partial charge on any atom is 0.282 e. The minimum atomic E-state index is -0.387. The van der Waals surface area contributed by atoms with Gasteiger partial charge in [0.05, 0.1) is 11.3 Å². The Bertz CT molecular complexity index is 1150. The van der Waals surface area contributed by atoms with Gasteiger partial charge in [0, 0.05) is 10.7 Å². The molecule has 144 valence electrons. The van der Waals surface area contributed by atoms with Crippen LogP contribution in [0.25, 0.3) is 5.57 Å². The van der Waals surface area contributed by atoms with E-state index >= 15 is 0 Å². The lowest BCUT2D eigenvalue weighted by atomic mass is 10.0. The van der Waals surface area contributed by atoms with Gasteiger partial charge < -0.3 is 5.32 Å². The smallest absolute Gasteiger partial charge is 0.282 e. The third-order valence-electron chi connectivity index (χ3n) is 5.03. The van der Waals surface area contributed by atoms with Gasteiger partial charge in [-0.2, -0.15) is 0 Å². The highest BCUT2D eigenvalue weighted by Gasteiger charge is 2.40. The first kappa shape index (κ1) is 19.0. The average molecular weight is 403 g/mol. The number of imide groups is 1. The molecule has 1 heterocycles. The molecule has 4 nitrogen and oxygen atoms in total. The summed E-state index contributed by atoms with van der Waals surface area (Å²) in [4.78, 5) is 28.0. The average Bonchev–Trinajstić information content (AvgIpc) is 2.96. The van der Waals surface area contributed by atoms with Crippen LogP contribution in [0.2, 0.25) is 5.02 Å². The number of amides is 2. The van der Waals surface area contributed by atoms with Crippen LogP contribution >= 0.6 is 11.6 Å². The van der Waals surface area contributed by atoms with Crippen LogP contribution in [0.15, 0.2) is 78.5 Å². The summed E-state index contributed by atoms with van der Waals surface area (Å²) in [5, 5.41) is 3.77. The Labute approximate surface area is 174 Å². The molecule has 2 amide bonds. The lowest BCUT2D eigenvalue weighted by Gasteiger charge is -2.18. The predicted octanol–water partition coefficient (Wildman–Crippen LogP) is 5.35. The van der Waals surface area contributed by atoms with E-state index in [0.29, 0.717) is 27.5 Å². The van der Waals surface area contributed by atoms with Crippen LogP contribution in [0.3, 0.4) is 0 Å². The zero-order chi connectivity index (χ0) is 20.5. The zero-order valence-electron chi connectivity index (χ0n) is 16.1. The number of halogens is 1. The van der Waals surface area contributed by atoms with Gasteiger partial charge in [0.1, 0.15) is 5.70 Å². The van der Waals surface area contributed by atoms with Crippen molar-refractivity contribution in [3.05, 3.63) is 100 Å². The van der Waals surface area contributed by atoms with E-state index in [0.717, 1.165) is 11.1 Å². The van der Waals surface area contributed by atoms with E-state index in [1.54, 1.807) is 18.2 Å². The molecule has 0 atom stereocenters. The van der Waals surface area contributed by atoms with Gasteiger partial charge in [-0.1, -0.05) is 66.2 Å². The third-order valence-corrected chi connectivity index (χ3v) is 5.44. The highest BCUT2D eigenvalue weighted by atomic mass is 35.5. The Hall–Kier alpha value is -3.37. The largest absolute Gasteiger partial charge is 0.350 e. The van der Waals surface area contributed by atoms with E-state index < -0.39 is 0 Å². The monoisotopic (exact) mass is 402 g/mol. The Kier molecular flexibility index (Phi) is 4.95. The van der Waals surface area contributed by atoms with Gasteiger partial charge in [-0.25, -0.2) is 4.90 Å². The van der Waals surface area contributed by atoms with Crippen molar-refractivity contribution in [3.8, 4) is 0 Å². The topological polar surface area (TPSA) is 49.4 Å². The van der Waals surface area contributed by atoms with Gasteiger partial charge in [-0.05, 0) is 48.7 Å². The van der Waals surface area contributed by atoms with E-state index in [4.69, 9.17) is 11.6 Å². The molecule has 0 aliphatic carbocycles. The van der Waals surface area contributed by atoms with Crippen LogP contribution < -0.4 is 10.2 Å². The van der Waals surface area contributed by atoms with Crippen molar-refractivity contribution in [1.82, 2.24) is 0 Å². The van der Waals surface area contributed by atoms with E-state index in [-0.39, 0.29) is 17.5 Å². The van der Waals surface area contributed by atoms with Crippen LogP contribution in [0.5, 0.6) is 0 Å². The Balaban J connectivity index is 1.86. The van der Waals surface area contributed by atoms with Crippen molar-refractivity contribution in [2.75, 3.05) is 10.2 Å². The van der Waals surface area contributed by atoms with Crippen LogP contribution in [0.4, 0.5) is 11.4 Å². The lowest BCUT2D eigenvalue weighted by Crippen LogP contribution is -2.33. The minimum absolute atomic E-state index is 0.245. The normalized spacial score (nSPS) is 14.0. The number of benzene rings is 3. The second-order valence-electron chi connectivity index (χ2n) is 6.89. The predicted molar refractivity (Wildman–Crippen MR) is 117 cm³/mol. The number of nitrogens with one attached hydrogen (secondary N) is 1. The second kappa shape index (κ2) is 7.57. The summed E-state index contributed by atoms with van der Waals surface area (Å²) in [6.45, 7) is 3.75. The standard InChI is InChI=1S/C24H19ClN2O2/c1-15-9-6-7-14-20(15)27-23(28)21(17-10-4-3-5-11-17)22(24(27)29)26-19-13-8-12-18(25)16(19)2/h3-14,26H,1-2H3. The van der Waals surface area contributed by atoms with E-state index in [2.05, 4.69) is 5.32 Å². The zero-order valence-corrected chi connectivity index (χ0v) is 16.8. The molecule has 0 bridgehead atoms. The van der Waals surface area contributed by atoms with E-state index in [1.807, 2.05) is 68.4 Å². The van der Waals surface area contributed by atoms with Gasteiger partial charge in [0.25, 0.3) is 11.8 Å². The molecular weight excluding hydrogens is 384 g/mol. The fourth-order valence-electron chi connectivity index (χ4n) is 3.43. The van der Waals surface area contributed by atoms with Crippen molar-refractivity contribution >= 4 is 40.4 Å². The molecule has 0 unspecified atom stereocenters. The highest BCUT2D eigenvalue weighted by Crippen LogP contribution is 2.36. The second-order valence-corrected chi connectivity index (χ2v) is 7.29. The Morgan fingerprint density at radius 2 is 1.48 bits per heavy atom. The maximum atomic E-state index is 13.4. The first-order valence-corrected chi connectivity index (χ1v) is 9.63. The maximum absolute atomic E-state index is 13.4. The van der Waals surface area contributed by atoms with Crippen LogP contribution in [0.1, 0.15) is 16.7 Å². The van der Waals surface area contributed by atoms with Gasteiger partial charge in [0.2, 0.25) is 0 Å². The molecule has 0 fully saturated rings. The van der Waals surface area contributed by atoms with Gasteiger partial charge >= 0.3 is 0 Å². The summed E-state index contributed by atoms with van der Waals surface area (Å²) in [5.41, 5.74) is 4.20. The molecule has 1 N–H and O–H groups in total. The molecule has 3 aromatic carbocycles. The molecule has 0 aromatic heterocycles. The summed E-state index contributed by atoms with van der Waals surface area (Å²) < 4.78 is 0. The van der Waals surface area contributed by atoms with Crippen molar-refractivity contribution < 1.29 is 9.59 Å². The number of para-hydroxylation sites is 1. The number of hydrogen-bond donors (Lipinski definition) is 1. The van der Waals surface area contributed by atoms with Crippen molar-refractivity contribution in [3.63, 3.8) is 0 Å². The Morgan fingerprint density at radius 1 is 0.793 bits per heavy atom. The Morgan fingerprint density at radius 3 is 2.21 bits per heavy atom. The third kappa shape index (κ3) is 3.32. The number of hydrogen-bond acceptors (Lipinski definition) is 3. The fourth-order valence-corrected chi connectivity index (χ4v) is 3.60. The summed E-state index contributed by atoms with van der Waals surface area (Å²) in [5.74, 6) is -0.736. The highest BCUT2D eigenvalue weighted by molar-refractivity contribution is 6.46. The molecule has 3 aromatic rings. The number of aryl methyl sites for hydroxylation is 1. The van der Waals surface area contributed by atoms with Crippen LogP contribution in [-0.4, -0.2) is 11.8 Å². The van der Waals surface area contributed by atoms with E-state index in [9.17, 15) is 9.59 Å². The van der Waals surface area contributed by atoms with Crippen molar-refractivity contribution in [2.45, 2.75) is 13.8 Å². The number of anilines is 2. The lowest BCUT2D eigenvalue weighted by molar-refractivity contribution is -0.120. The van der Waals surface area contributed by atoms with Gasteiger partial charge in [0.15, 0.2) is 0 Å². The first-order chi connectivity index (χ1) is 14.0. The number of rotatable bonds is 4. The molecular formula is C24H19ClN2O2. The van der Waals surface area contributed by atoms with Crippen LogP contribution in [-0.2, 0) is 9.59 Å². The fraction of sp³-hybridized carbons (Fsp3) is 0.0833. The molecule has 29 heavy (non-hydrogen) atoms. The van der Waals surface area contributed by atoms with Gasteiger partial charge in [-0.15, -0.1) is 0 Å². The van der Waals surface area contributed by atoms with Gasteiger partial charge in [-0.3, -0.25) is 9.59 Å².